The first kappa shape index (κ1) is 17.9. The number of methoxy groups -OCH3 is 1. The molecule has 0 bridgehead atoms. The quantitative estimate of drug-likeness (QED) is 0.895. The van der Waals surface area contributed by atoms with E-state index in [0.717, 1.165) is 5.69 Å². The Kier molecular flexibility index (Phi) is 5.84. The van der Waals surface area contributed by atoms with Crippen LogP contribution in [0.5, 0.6) is 5.75 Å². The highest BCUT2D eigenvalue weighted by atomic mass is 16.5. The Balaban J connectivity index is 1.50. The Hall–Kier alpha value is -2.89. The Morgan fingerprint density at radius 2 is 2.00 bits per heavy atom. The molecule has 2 heterocycles. The molecule has 0 spiro atoms. The molecular formula is C20H23N3O3. The SMILES string of the molecule is COc1cccc(C(=O)N2CCC(C(=O)NCc3ccccn3)CC2)c1. The van der Waals surface area contributed by atoms with E-state index in [1.54, 1.807) is 30.3 Å². The molecule has 136 valence electrons. The Bertz CT molecular complexity index is 756. The molecule has 1 N–H and O–H groups in total. The molecule has 6 heteroatoms. The van der Waals surface area contributed by atoms with Gasteiger partial charge in [0.2, 0.25) is 5.91 Å². The van der Waals surface area contributed by atoms with E-state index in [2.05, 4.69) is 10.3 Å². The van der Waals surface area contributed by atoms with Crippen LogP contribution in [-0.2, 0) is 11.3 Å². The molecule has 1 aromatic heterocycles. The Morgan fingerprint density at radius 1 is 1.19 bits per heavy atom. The molecule has 0 aliphatic carbocycles. The second-order valence-corrected chi connectivity index (χ2v) is 6.34. The van der Waals surface area contributed by atoms with Crippen LogP contribution in [-0.4, -0.2) is 41.9 Å². The van der Waals surface area contributed by atoms with E-state index in [0.29, 0.717) is 43.8 Å². The van der Waals surface area contributed by atoms with Crippen LogP contribution in [0.1, 0.15) is 28.9 Å². The number of ether oxygens (including phenoxy) is 1. The van der Waals surface area contributed by atoms with Gasteiger partial charge >= 0.3 is 0 Å². The summed E-state index contributed by atoms with van der Waals surface area (Å²) in [6, 6.07) is 12.8. The summed E-state index contributed by atoms with van der Waals surface area (Å²) in [5.41, 5.74) is 1.45. The molecule has 0 saturated carbocycles. The van der Waals surface area contributed by atoms with Gasteiger partial charge in [0, 0.05) is 30.8 Å². The summed E-state index contributed by atoms with van der Waals surface area (Å²) >= 11 is 0. The zero-order valence-electron chi connectivity index (χ0n) is 14.9. The second kappa shape index (κ2) is 8.47. The number of hydrogen-bond donors (Lipinski definition) is 1. The first-order valence-corrected chi connectivity index (χ1v) is 8.78. The second-order valence-electron chi connectivity index (χ2n) is 6.34. The molecule has 0 radical (unpaired) electrons. The predicted molar refractivity (Wildman–Crippen MR) is 97.7 cm³/mol. The number of benzene rings is 1. The summed E-state index contributed by atoms with van der Waals surface area (Å²) in [7, 11) is 1.58. The number of amides is 2. The summed E-state index contributed by atoms with van der Waals surface area (Å²) in [5, 5.41) is 2.94. The fourth-order valence-electron chi connectivity index (χ4n) is 3.11. The minimum Gasteiger partial charge on any atom is -0.497 e. The average Bonchev–Trinajstić information content (AvgIpc) is 2.72. The van der Waals surface area contributed by atoms with Crippen LogP contribution < -0.4 is 10.1 Å². The van der Waals surface area contributed by atoms with Gasteiger partial charge in [0.15, 0.2) is 0 Å². The Labute approximate surface area is 153 Å². The third-order valence-electron chi connectivity index (χ3n) is 4.64. The third-order valence-corrected chi connectivity index (χ3v) is 4.64. The molecule has 1 aromatic carbocycles. The van der Waals surface area contributed by atoms with Crippen LogP contribution in [0.15, 0.2) is 48.7 Å². The lowest BCUT2D eigenvalue weighted by Gasteiger charge is -2.31. The molecule has 0 atom stereocenters. The van der Waals surface area contributed by atoms with Crippen molar-refractivity contribution < 1.29 is 14.3 Å². The highest BCUT2D eigenvalue weighted by molar-refractivity contribution is 5.94. The van der Waals surface area contributed by atoms with Crippen molar-refractivity contribution in [2.24, 2.45) is 5.92 Å². The van der Waals surface area contributed by atoms with Crippen molar-refractivity contribution in [3.05, 3.63) is 59.9 Å². The number of carbonyl (C=O) groups is 2. The van der Waals surface area contributed by atoms with Crippen LogP contribution in [0.25, 0.3) is 0 Å². The maximum Gasteiger partial charge on any atom is 0.253 e. The summed E-state index contributed by atoms with van der Waals surface area (Å²) in [6.45, 7) is 1.60. The van der Waals surface area contributed by atoms with Crippen LogP contribution in [0, 0.1) is 5.92 Å². The predicted octanol–water partition coefficient (Wildman–Crippen LogP) is 2.26. The van der Waals surface area contributed by atoms with E-state index in [-0.39, 0.29) is 17.7 Å². The van der Waals surface area contributed by atoms with Gasteiger partial charge in [-0.05, 0) is 43.2 Å². The van der Waals surface area contributed by atoms with Crippen molar-refractivity contribution in [3.8, 4) is 5.75 Å². The summed E-state index contributed by atoms with van der Waals surface area (Å²) < 4.78 is 5.18. The van der Waals surface area contributed by atoms with Gasteiger partial charge < -0.3 is 15.0 Å². The van der Waals surface area contributed by atoms with Gasteiger partial charge in [0.1, 0.15) is 5.75 Å². The van der Waals surface area contributed by atoms with E-state index < -0.39 is 0 Å². The van der Waals surface area contributed by atoms with Crippen molar-refractivity contribution >= 4 is 11.8 Å². The van der Waals surface area contributed by atoms with Gasteiger partial charge in [-0.1, -0.05) is 12.1 Å². The zero-order chi connectivity index (χ0) is 18.4. The van der Waals surface area contributed by atoms with Gasteiger partial charge in [-0.3, -0.25) is 14.6 Å². The van der Waals surface area contributed by atoms with Gasteiger partial charge in [0.25, 0.3) is 5.91 Å². The number of pyridine rings is 1. The smallest absolute Gasteiger partial charge is 0.253 e. The standard InChI is InChI=1S/C20H23N3O3/c1-26-18-7-4-5-16(13-18)20(25)23-11-8-15(9-12-23)19(24)22-14-17-6-2-3-10-21-17/h2-7,10,13,15H,8-9,11-12,14H2,1H3,(H,22,24). The normalized spacial score (nSPS) is 14.7. The third kappa shape index (κ3) is 4.39. The van der Waals surface area contributed by atoms with Crippen molar-refractivity contribution in [1.29, 1.82) is 0 Å². The first-order valence-electron chi connectivity index (χ1n) is 8.78. The average molecular weight is 353 g/mol. The molecule has 1 fully saturated rings. The van der Waals surface area contributed by atoms with Gasteiger partial charge in [-0.25, -0.2) is 0 Å². The highest BCUT2D eigenvalue weighted by Gasteiger charge is 2.27. The van der Waals surface area contributed by atoms with Crippen molar-refractivity contribution in [2.45, 2.75) is 19.4 Å². The number of rotatable bonds is 5. The highest BCUT2D eigenvalue weighted by Crippen LogP contribution is 2.21. The minimum absolute atomic E-state index is 0.0174. The number of aromatic nitrogens is 1. The number of hydrogen-bond acceptors (Lipinski definition) is 4. The maximum atomic E-state index is 12.6. The lowest BCUT2D eigenvalue weighted by atomic mass is 9.95. The van der Waals surface area contributed by atoms with Crippen LogP contribution in [0.4, 0.5) is 0 Å². The fourth-order valence-corrected chi connectivity index (χ4v) is 3.11. The Morgan fingerprint density at radius 3 is 2.69 bits per heavy atom. The molecule has 2 amide bonds. The summed E-state index contributed by atoms with van der Waals surface area (Å²) in [5.74, 6) is 0.619. The van der Waals surface area contributed by atoms with Gasteiger partial charge in [-0.15, -0.1) is 0 Å². The summed E-state index contributed by atoms with van der Waals surface area (Å²) in [6.07, 6.45) is 3.05. The van der Waals surface area contributed by atoms with E-state index in [4.69, 9.17) is 4.74 Å². The molecule has 1 saturated heterocycles. The molecule has 1 aliphatic heterocycles. The lowest BCUT2D eigenvalue weighted by molar-refractivity contribution is -0.126. The summed E-state index contributed by atoms with van der Waals surface area (Å²) in [4.78, 5) is 31.0. The number of nitrogens with one attached hydrogen (secondary N) is 1. The van der Waals surface area contributed by atoms with E-state index >= 15 is 0 Å². The van der Waals surface area contributed by atoms with Gasteiger partial charge in [-0.2, -0.15) is 0 Å². The van der Waals surface area contributed by atoms with Crippen LogP contribution in [0.3, 0.4) is 0 Å². The first-order chi connectivity index (χ1) is 12.7. The largest absolute Gasteiger partial charge is 0.497 e. The number of piperidine rings is 1. The lowest BCUT2D eigenvalue weighted by Crippen LogP contribution is -2.43. The minimum atomic E-state index is -0.0620. The van der Waals surface area contributed by atoms with Crippen molar-refractivity contribution in [1.82, 2.24) is 15.2 Å². The number of likely N-dealkylation sites (tertiary alicyclic amines) is 1. The number of nitrogens with zero attached hydrogens (tertiary/aromatic N) is 2. The maximum absolute atomic E-state index is 12.6. The van der Waals surface area contributed by atoms with Crippen molar-refractivity contribution in [2.75, 3.05) is 20.2 Å². The van der Waals surface area contributed by atoms with Gasteiger partial charge in [0.05, 0.1) is 19.3 Å². The molecular weight excluding hydrogens is 330 g/mol. The van der Waals surface area contributed by atoms with Crippen LogP contribution in [0.2, 0.25) is 0 Å². The van der Waals surface area contributed by atoms with E-state index in [9.17, 15) is 9.59 Å². The number of carbonyl (C=O) groups excluding carboxylic acids is 2. The van der Waals surface area contributed by atoms with Crippen molar-refractivity contribution in [3.63, 3.8) is 0 Å². The topological polar surface area (TPSA) is 71.5 Å². The molecule has 6 nitrogen and oxygen atoms in total. The molecule has 1 aliphatic rings. The monoisotopic (exact) mass is 353 g/mol. The molecule has 0 unspecified atom stereocenters. The van der Waals surface area contributed by atoms with E-state index in [1.807, 2.05) is 30.3 Å². The zero-order valence-corrected chi connectivity index (χ0v) is 14.9. The molecule has 26 heavy (non-hydrogen) atoms. The van der Waals surface area contributed by atoms with Crippen LogP contribution >= 0.6 is 0 Å². The molecule has 3 rings (SSSR count). The molecule has 2 aromatic rings. The van der Waals surface area contributed by atoms with E-state index in [1.165, 1.54) is 0 Å². The fraction of sp³-hybridized carbons (Fsp3) is 0.350.